The average Bonchev–Trinajstić information content (AvgIpc) is 2.79. The molecule has 1 aromatic carbocycles. The Balaban J connectivity index is 1.96. The van der Waals surface area contributed by atoms with Gasteiger partial charge in [-0.25, -0.2) is 4.99 Å². The van der Waals surface area contributed by atoms with Gasteiger partial charge in [-0.1, -0.05) is 25.5 Å². The van der Waals surface area contributed by atoms with Crippen molar-refractivity contribution in [2.75, 3.05) is 18.5 Å². The van der Waals surface area contributed by atoms with Crippen LogP contribution in [0.1, 0.15) is 30.9 Å². The number of amidine groups is 1. The molecule has 0 amide bonds. The van der Waals surface area contributed by atoms with Crippen molar-refractivity contribution in [1.82, 2.24) is 5.32 Å². The Morgan fingerprint density at radius 1 is 1.43 bits per heavy atom. The number of hydrogen-bond acceptors (Lipinski definition) is 5. The highest BCUT2D eigenvalue weighted by atomic mass is 15.3. The lowest BCUT2D eigenvalue weighted by atomic mass is 10.0. The van der Waals surface area contributed by atoms with Gasteiger partial charge in [-0.3, -0.25) is 5.73 Å². The maximum Gasteiger partial charge on any atom is 0.211 e. The molecule has 0 spiro atoms. The van der Waals surface area contributed by atoms with Crippen molar-refractivity contribution in [3.05, 3.63) is 41.1 Å². The summed E-state index contributed by atoms with van der Waals surface area (Å²) in [6, 6.07) is 6.33. The summed E-state index contributed by atoms with van der Waals surface area (Å²) in [5.41, 5.74) is 17.0. The Hall–Kier alpha value is -2.01. The minimum atomic E-state index is -0.970. The average molecular weight is 285 g/mol. The number of benzene rings is 1. The van der Waals surface area contributed by atoms with Crippen molar-refractivity contribution in [2.45, 2.75) is 32.0 Å². The molecular formula is C16H23N5. The van der Waals surface area contributed by atoms with E-state index in [-0.39, 0.29) is 0 Å². The molecule has 0 radical (unpaired) electrons. The number of nitrogens with two attached hydrogens (primary N) is 2. The van der Waals surface area contributed by atoms with Crippen LogP contribution in [0.3, 0.4) is 0 Å². The number of hydrogen-bond donors (Lipinski definition) is 3. The van der Waals surface area contributed by atoms with Crippen LogP contribution in [0.25, 0.3) is 0 Å². The molecule has 2 aliphatic rings. The predicted octanol–water partition coefficient (Wildman–Crippen LogP) is 1.39. The first-order chi connectivity index (χ1) is 10.0. The molecule has 21 heavy (non-hydrogen) atoms. The first kappa shape index (κ1) is 13.9. The lowest BCUT2D eigenvalue weighted by molar-refractivity contribution is 0.387. The van der Waals surface area contributed by atoms with Crippen LogP contribution in [0, 0.1) is 0 Å². The highest BCUT2D eigenvalue weighted by molar-refractivity contribution is 5.93. The molecule has 1 unspecified atom stereocenters. The standard InChI is InChI=1S/C16H23N5/c1-3-4-13-10-15(17)20-16(18,19-13)12-6-5-11-7-8-21(2)14(11)9-12/h5-6,9-10,19H,3-4,7-8,18H2,1-2H3,(H2,17,20). The third-order valence-electron chi connectivity index (χ3n) is 4.15. The topological polar surface area (TPSA) is 79.7 Å². The van der Waals surface area contributed by atoms with Crippen molar-refractivity contribution in [1.29, 1.82) is 0 Å². The van der Waals surface area contributed by atoms with E-state index in [1.807, 2.05) is 6.08 Å². The minimum Gasteiger partial charge on any atom is -0.384 e. The Labute approximate surface area is 125 Å². The molecule has 2 heterocycles. The summed E-state index contributed by atoms with van der Waals surface area (Å²) in [6.07, 6.45) is 4.91. The second-order valence-corrected chi connectivity index (χ2v) is 5.86. The van der Waals surface area contributed by atoms with Crippen LogP contribution in [-0.4, -0.2) is 19.4 Å². The highest BCUT2D eigenvalue weighted by Gasteiger charge is 2.31. The molecule has 0 aliphatic carbocycles. The molecule has 3 rings (SSSR count). The largest absolute Gasteiger partial charge is 0.384 e. The van der Waals surface area contributed by atoms with Gasteiger partial charge >= 0.3 is 0 Å². The number of nitrogens with zero attached hydrogens (tertiary/aromatic N) is 2. The van der Waals surface area contributed by atoms with E-state index in [9.17, 15) is 0 Å². The molecular weight excluding hydrogens is 262 g/mol. The summed E-state index contributed by atoms with van der Waals surface area (Å²) in [7, 11) is 2.10. The van der Waals surface area contributed by atoms with E-state index in [0.29, 0.717) is 5.84 Å². The molecule has 0 saturated carbocycles. The number of aliphatic imine (C=N–C) groups is 1. The van der Waals surface area contributed by atoms with E-state index in [0.717, 1.165) is 37.1 Å². The zero-order valence-corrected chi connectivity index (χ0v) is 12.7. The molecule has 0 aromatic heterocycles. The van der Waals surface area contributed by atoms with Gasteiger partial charge in [-0.2, -0.15) is 0 Å². The van der Waals surface area contributed by atoms with Crippen LogP contribution >= 0.6 is 0 Å². The van der Waals surface area contributed by atoms with E-state index >= 15 is 0 Å². The monoisotopic (exact) mass is 285 g/mol. The number of likely N-dealkylation sites (N-methyl/N-ethyl adjacent to an activating group) is 1. The van der Waals surface area contributed by atoms with Crippen molar-refractivity contribution >= 4 is 11.5 Å². The summed E-state index contributed by atoms with van der Waals surface area (Å²) in [4.78, 5) is 6.68. The van der Waals surface area contributed by atoms with Crippen molar-refractivity contribution in [3.63, 3.8) is 0 Å². The SMILES string of the molecule is CCCC1=CC(N)=NC(N)(c2ccc3c(c2)N(C)CC3)N1. The lowest BCUT2D eigenvalue weighted by Crippen LogP contribution is -2.51. The van der Waals surface area contributed by atoms with Gasteiger partial charge in [0.1, 0.15) is 5.84 Å². The Bertz CT molecular complexity index is 619. The van der Waals surface area contributed by atoms with E-state index in [1.54, 1.807) is 0 Å². The third-order valence-corrected chi connectivity index (χ3v) is 4.15. The first-order valence-corrected chi connectivity index (χ1v) is 7.49. The van der Waals surface area contributed by atoms with Crippen LogP contribution in [0.4, 0.5) is 5.69 Å². The summed E-state index contributed by atoms with van der Waals surface area (Å²) >= 11 is 0. The molecule has 0 saturated heterocycles. The van der Waals surface area contributed by atoms with Gasteiger partial charge in [-0.15, -0.1) is 0 Å². The van der Waals surface area contributed by atoms with E-state index in [4.69, 9.17) is 11.5 Å². The smallest absolute Gasteiger partial charge is 0.211 e. The zero-order chi connectivity index (χ0) is 15.0. The molecule has 0 fully saturated rings. The Morgan fingerprint density at radius 2 is 2.24 bits per heavy atom. The molecule has 5 N–H and O–H groups in total. The van der Waals surface area contributed by atoms with Gasteiger partial charge in [-0.05, 0) is 30.5 Å². The minimum absolute atomic E-state index is 0.480. The normalized spacial score (nSPS) is 24.2. The third kappa shape index (κ3) is 2.49. The number of anilines is 1. The molecule has 2 aliphatic heterocycles. The Morgan fingerprint density at radius 3 is 3.00 bits per heavy atom. The molecule has 5 heteroatoms. The highest BCUT2D eigenvalue weighted by Crippen LogP contribution is 2.32. The van der Waals surface area contributed by atoms with Crippen LogP contribution in [-0.2, 0) is 12.2 Å². The van der Waals surface area contributed by atoms with Crippen molar-refractivity contribution < 1.29 is 0 Å². The van der Waals surface area contributed by atoms with Crippen molar-refractivity contribution in [3.8, 4) is 0 Å². The van der Waals surface area contributed by atoms with Gasteiger partial charge in [0.15, 0.2) is 0 Å². The fourth-order valence-corrected chi connectivity index (χ4v) is 3.04. The number of rotatable bonds is 3. The quantitative estimate of drug-likeness (QED) is 0.784. The van der Waals surface area contributed by atoms with Crippen molar-refractivity contribution in [2.24, 2.45) is 16.5 Å². The zero-order valence-electron chi connectivity index (χ0n) is 12.7. The molecule has 1 atom stereocenters. The van der Waals surface area contributed by atoms with Gasteiger partial charge in [0.2, 0.25) is 5.79 Å². The summed E-state index contributed by atoms with van der Waals surface area (Å²) in [5, 5.41) is 3.34. The Kier molecular flexibility index (Phi) is 3.37. The van der Waals surface area contributed by atoms with Crippen LogP contribution in [0.2, 0.25) is 0 Å². The summed E-state index contributed by atoms with van der Waals surface area (Å²) < 4.78 is 0. The molecule has 112 valence electrons. The molecule has 5 nitrogen and oxygen atoms in total. The maximum atomic E-state index is 6.49. The molecule has 1 aromatic rings. The number of nitrogens with one attached hydrogen (secondary N) is 1. The summed E-state index contributed by atoms with van der Waals surface area (Å²) in [5.74, 6) is -0.490. The van der Waals surface area contributed by atoms with E-state index < -0.39 is 5.79 Å². The maximum absolute atomic E-state index is 6.49. The first-order valence-electron chi connectivity index (χ1n) is 7.49. The second-order valence-electron chi connectivity index (χ2n) is 5.86. The summed E-state index contributed by atoms with van der Waals surface area (Å²) in [6.45, 7) is 3.18. The van der Waals surface area contributed by atoms with E-state index in [1.165, 1.54) is 11.3 Å². The predicted molar refractivity (Wildman–Crippen MR) is 87.0 cm³/mol. The number of fused-ring (bicyclic) bond motifs is 1. The van der Waals surface area contributed by atoms with Crippen LogP contribution in [0.5, 0.6) is 0 Å². The van der Waals surface area contributed by atoms with Gasteiger partial charge in [0, 0.05) is 30.5 Å². The van der Waals surface area contributed by atoms with Crippen LogP contribution in [0.15, 0.2) is 35.0 Å². The van der Waals surface area contributed by atoms with Crippen LogP contribution < -0.4 is 21.7 Å². The lowest BCUT2D eigenvalue weighted by Gasteiger charge is -2.33. The van der Waals surface area contributed by atoms with Gasteiger partial charge in [0.05, 0.1) is 0 Å². The van der Waals surface area contributed by atoms with Gasteiger partial charge < -0.3 is 16.0 Å². The fourth-order valence-electron chi connectivity index (χ4n) is 3.04. The fraction of sp³-hybridized carbons (Fsp3) is 0.438. The van der Waals surface area contributed by atoms with Gasteiger partial charge in [0.25, 0.3) is 0 Å². The molecule has 0 bridgehead atoms. The number of allylic oxidation sites excluding steroid dienone is 1. The van der Waals surface area contributed by atoms with E-state index in [2.05, 4.69) is 47.4 Å². The second kappa shape index (κ2) is 5.07.